The predicted octanol–water partition coefficient (Wildman–Crippen LogP) is 5.74. The summed E-state index contributed by atoms with van der Waals surface area (Å²) in [5.41, 5.74) is 2.81. The molecule has 0 radical (unpaired) electrons. The molecule has 0 saturated carbocycles. The van der Waals surface area contributed by atoms with Crippen LogP contribution in [0.2, 0.25) is 5.02 Å². The van der Waals surface area contributed by atoms with Gasteiger partial charge in [-0.25, -0.2) is 9.37 Å². The summed E-state index contributed by atoms with van der Waals surface area (Å²) >= 11 is 6.42. The maximum atomic E-state index is 14.6. The van der Waals surface area contributed by atoms with Gasteiger partial charge in [-0.05, 0) is 35.7 Å². The van der Waals surface area contributed by atoms with Gasteiger partial charge in [0.1, 0.15) is 5.82 Å². The number of halogens is 2. The lowest BCUT2D eigenvalue weighted by molar-refractivity contribution is -0.118. The van der Waals surface area contributed by atoms with Crippen LogP contribution in [0.4, 0.5) is 10.1 Å². The molecule has 0 aliphatic rings. The number of methoxy groups -OCH3 is 1. The maximum absolute atomic E-state index is 14.6. The first-order valence-corrected chi connectivity index (χ1v) is 10.6. The second-order valence-corrected chi connectivity index (χ2v) is 7.71. The standard InChI is InChI=1S/C25H24ClFN2O3/c1-4-25(31)29(2)22-10-8-17(14-21(22)27)19-9-7-18(13-20(19)26)23(30)11-5-16-6-12-24(32-3)28-15-16/h6-10,12-15H,4-5,11H2,1-3H3. The Kier molecular flexibility index (Phi) is 7.59. The van der Waals surface area contributed by atoms with Crippen LogP contribution in [0.25, 0.3) is 11.1 Å². The normalized spacial score (nSPS) is 10.7. The van der Waals surface area contributed by atoms with Gasteiger partial charge in [0, 0.05) is 48.3 Å². The first kappa shape index (κ1) is 23.4. The summed E-state index contributed by atoms with van der Waals surface area (Å²) in [5, 5.41) is 0.354. The van der Waals surface area contributed by atoms with Crippen molar-refractivity contribution in [3.8, 4) is 17.0 Å². The third-order valence-electron chi connectivity index (χ3n) is 5.24. The molecule has 0 N–H and O–H groups in total. The largest absolute Gasteiger partial charge is 0.481 e. The van der Waals surface area contributed by atoms with Crippen molar-refractivity contribution in [3.05, 3.63) is 76.7 Å². The molecule has 0 aliphatic heterocycles. The average molecular weight is 455 g/mol. The molecule has 0 aliphatic carbocycles. The highest BCUT2D eigenvalue weighted by Crippen LogP contribution is 2.32. The number of ether oxygens (including phenoxy) is 1. The van der Waals surface area contributed by atoms with Gasteiger partial charge in [-0.3, -0.25) is 9.59 Å². The molecular formula is C25H24ClFN2O3. The van der Waals surface area contributed by atoms with Crippen molar-refractivity contribution in [1.29, 1.82) is 0 Å². The lowest BCUT2D eigenvalue weighted by Gasteiger charge is -2.18. The van der Waals surface area contributed by atoms with Crippen molar-refractivity contribution in [2.45, 2.75) is 26.2 Å². The molecule has 0 saturated heterocycles. The number of nitrogens with zero attached hydrogens (tertiary/aromatic N) is 2. The molecule has 166 valence electrons. The molecule has 2 aromatic carbocycles. The maximum Gasteiger partial charge on any atom is 0.226 e. The number of aromatic nitrogens is 1. The van der Waals surface area contributed by atoms with Crippen LogP contribution in [0.3, 0.4) is 0 Å². The Hall–Kier alpha value is -3.25. The molecular weight excluding hydrogens is 431 g/mol. The number of Topliss-reactive ketones (excluding diaryl/α,β-unsaturated/α-hetero) is 1. The number of carbonyl (C=O) groups excluding carboxylic acids is 2. The molecule has 1 amide bonds. The van der Waals surface area contributed by atoms with Crippen LogP contribution in [0.5, 0.6) is 5.88 Å². The van der Waals surface area contributed by atoms with Crippen LogP contribution in [0.15, 0.2) is 54.7 Å². The van der Waals surface area contributed by atoms with Crippen LogP contribution in [0, 0.1) is 5.82 Å². The summed E-state index contributed by atoms with van der Waals surface area (Å²) in [7, 11) is 3.09. The number of ketones is 1. The van der Waals surface area contributed by atoms with Crippen molar-refractivity contribution in [2.24, 2.45) is 0 Å². The van der Waals surface area contributed by atoms with Gasteiger partial charge in [-0.15, -0.1) is 0 Å². The SMILES string of the molecule is CCC(=O)N(C)c1ccc(-c2ccc(C(=O)CCc3ccc(OC)nc3)cc2Cl)cc1F. The Morgan fingerprint density at radius 1 is 1.12 bits per heavy atom. The molecule has 5 nitrogen and oxygen atoms in total. The van der Waals surface area contributed by atoms with E-state index >= 15 is 0 Å². The summed E-state index contributed by atoms with van der Waals surface area (Å²) in [5.74, 6) is -0.217. The minimum atomic E-state index is -0.517. The Bertz CT molecular complexity index is 1130. The van der Waals surface area contributed by atoms with Crippen LogP contribution >= 0.6 is 11.6 Å². The number of carbonyl (C=O) groups is 2. The Labute approximate surface area is 191 Å². The number of pyridine rings is 1. The molecule has 3 aromatic rings. The Morgan fingerprint density at radius 3 is 2.50 bits per heavy atom. The zero-order valence-electron chi connectivity index (χ0n) is 18.2. The summed E-state index contributed by atoms with van der Waals surface area (Å²) < 4.78 is 19.7. The molecule has 0 unspecified atom stereocenters. The molecule has 7 heteroatoms. The molecule has 0 bridgehead atoms. The first-order valence-electron chi connectivity index (χ1n) is 10.2. The highest BCUT2D eigenvalue weighted by molar-refractivity contribution is 6.33. The van der Waals surface area contributed by atoms with E-state index in [-0.39, 0.29) is 23.8 Å². The summed E-state index contributed by atoms with van der Waals surface area (Å²) in [6.45, 7) is 1.72. The zero-order valence-corrected chi connectivity index (χ0v) is 18.9. The minimum Gasteiger partial charge on any atom is -0.481 e. The van der Waals surface area contributed by atoms with Gasteiger partial charge in [0.2, 0.25) is 11.8 Å². The fourth-order valence-electron chi connectivity index (χ4n) is 3.32. The second kappa shape index (κ2) is 10.4. The number of benzene rings is 2. The van der Waals surface area contributed by atoms with Crippen molar-refractivity contribution in [3.63, 3.8) is 0 Å². The van der Waals surface area contributed by atoms with E-state index in [0.29, 0.717) is 40.4 Å². The number of amides is 1. The third kappa shape index (κ3) is 5.32. The predicted molar refractivity (Wildman–Crippen MR) is 124 cm³/mol. The smallest absolute Gasteiger partial charge is 0.226 e. The van der Waals surface area contributed by atoms with E-state index in [4.69, 9.17) is 16.3 Å². The van der Waals surface area contributed by atoms with E-state index < -0.39 is 5.82 Å². The number of anilines is 1. The Morgan fingerprint density at radius 2 is 1.91 bits per heavy atom. The van der Waals surface area contributed by atoms with E-state index in [1.807, 2.05) is 6.07 Å². The highest BCUT2D eigenvalue weighted by atomic mass is 35.5. The third-order valence-corrected chi connectivity index (χ3v) is 5.55. The van der Waals surface area contributed by atoms with Gasteiger partial charge < -0.3 is 9.64 Å². The number of hydrogen-bond acceptors (Lipinski definition) is 4. The molecule has 32 heavy (non-hydrogen) atoms. The van der Waals surface area contributed by atoms with E-state index in [0.717, 1.165) is 5.56 Å². The lowest BCUT2D eigenvalue weighted by atomic mass is 9.99. The molecule has 0 spiro atoms. The number of aryl methyl sites for hydroxylation is 1. The van der Waals surface area contributed by atoms with Crippen LogP contribution in [0.1, 0.15) is 35.7 Å². The summed E-state index contributed by atoms with van der Waals surface area (Å²) in [6.07, 6.45) is 2.83. The average Bonchev–Trinajstić information content (AvgIpc) is 2.81. The van der Waals surface area contributed by atoms with Gasteiger partial charge in [0.05, 0.1) is 12.8 Å². The molecule has 1 aromatic heterocycles. The fourth-order valence-corrected chi connectivity index (χ4v) is 3.61. The van der Waals surface area contributed by atoms with Gasteiger partial charge >= 0.3 is 0 Å². The number of hydrogen-bond donors (Lipinski definition) is 0. The minimum absolute atomic E-state index is 0.0458. The van der Waals surface area contributed by atoms with Crippen molar-refractivity contribution in [2.75, 3.05) is 19.1 Å². The van der Waals surface area contributed by atoms with Gasteiger partial charge in [-0.1, -0.05) is 42.8 Å². The Balaban J connectivity index is 1.73. The highest BCUT2D eigenvalue weighted by Gasteiger charge is 2.16. The number of rotatable bonds is 8. The van der Waals surface area contributed by atoms with Gasteiger partial charge in [0.15, 0.2) is 5.78 Å². The molecule has 0 atom stereocenters. The molecule has 1 heterocycles. The van der Waals surface area contributed by atoms with Gasteiger partial charge in [-0.2, -0.15) is 0 Å². The van der Waals surface area contributed by atoms with Crippen LogP contribution < -0.4 is 9.64 Å². The topological polar surface area (TPSA) is 59.5 Å². The van der Waals surface area contributed by atoms with Crippen molar-refractivity contribution >= 4 is 29.0 Å². The van der Waals surface area contributed by atoms with E-state index in [9.17, 15) is 14.0 Å². The molecule has 0 fully saturated rings. The lowest BCUT2D eigenvalue weighted by Crippen LogP contribution is -2.25. The fraction of sp³-hybridized carbons (Fsp3) is 0.240. The second-order valence-electron chi connectivity index (χ2n) is 7.30. The van der Waals surface area contributed by atoms with Crippen LogP contribution in [-0.2, 0) is 11.2 Å². The summed E-state index contributed by atoms with van der Waals surface area (Å²) in [4.78, 5) is 29.9. The first-order chi connectivity index (χ1) is 15.3. The van der Waals surface area contributed by atoms with E-state index in [2.05, 4.69) is 4.98 Å². The monoisotopic (exact) mass is 454 g/mol. The van der Waals surface area contributed by atoms with Crippen molar-refractivity contribution in [1.82, 2.24) is 4.98 Å². The van der Waals surface area contributed by atoms with Crippen LogP contribution in [-0.4, -0.2) is 30.8 Å². The zero-order chi connectivity index (χ0) is 23.3. The summed E-state index contributed by atoms with van der Waals surface area (Å²) in [6, 6.07) is 13.2. The van der Waals surface area contributed by atoms with E-state index in [1.54, 1.807) is 63.7 Å². The van der Waals surface area contributed by atoms with Crippen molar-refractivity contribution < 1.29 is 18.7 Å². The quantitative estimate of drug-likeness (QED) is 0.407. The molecule has 3 rings (SSSR count). The van der Waals surface area contributed by atoms with E-state index in [1.165, 1.54) is 11.0 Å². The van der Waals surface area contributed by atoms with Gasteiger partial charge in [0.25, 0.3) is 0 Å².